The fraction of sp³-hybridized carbons (Fsp3) is 0.562. The van der Waals surface area contributed by atoms with Gasteiger partial charge in [-0.05, 0) is 44.5 Å². The molecular weight excluding hydrogens is 290 g/mol. The van der Waals surface area contributed by atoms with E-state index >= 15 is 0 Å². The average molecular weight is 312 g/mol. The highest BCUT2D eigenvalue weighted by atomic mass is 19.1. The van der Waals surface area contributed by atoms with Gasteiger partial charge in [0.15, 0.2) is 0 Å². The summed E-state index contributed by atoms with van der Waals surface area (Å²) in [5, 5.41) is 3.25. The Balaban J connectivity index is 1.98. The third-order valence-electron chi connectivity index (χ3n) is 3.85. The van der Waals surface area contributed by atoms with E-state index in [0.717, 1.165) is 44.5 Å². The molecule has 22 heavy (non-hydrogen) atoms. The van der Waals surface area contributed by atoms with Crippen LogP contribution in [0.15, 0.2) is 18.2 Å². The summed E-state index contributed by atoms with van der Waals surface area (Å²) in [7, 11) is 0. The molecule has 1 N–H and O–H groups in total. The Labute approximate surface area is 129 Å². The Kier molecular flexibility index (Phi) is 6.12. The second kappa shape index (κ2) is 8.08. The largest absolute Gasteiger partial charge is 0.444 e. The molecule has 1 saturated heterocycles. The number of benzene rings is 1. The van der Waals surface area contributed by atoms with Crippen molar-refractivity contribution in [2.24, 2.45) is 0 Å². The minimum Gasteiger partial charge on any atom is -0.444 e. The Bertz CT molecular complexity index is 485. The van der Waals surface area contributed by atoms with Crippen molar-refractivity contribution in [1.29, 1.82) is 0 Å². The number of nitrogens with one attached hydrogen (secondary N) is 1. The van der Waals surface area contributed by atoms with Gasteiger partial charge in [-0.25, -0.2) is 13.6 Å². The van der Waals surface area contributed by atoms with Crippen molar-refractivity contribution in [3.05, 3.63) is 35.4 Å². The minimum absolute atomic E-state index is 0.124. The van der Waals surface area contributed by atoms with Gasteiger partial charge in [-0.3, -0.25) is 0 Å². The number of nitrogens with zero attached hydrogens (tertiary/aromatic N) is 1. The molecule has 0 bridgehead atoms. The first-order valence-electron chi connectivity index (χ1n) is 7.70. The quantitative estimate of drug-likeness (QED) is 0.908. The maximum atomic E-state index is 13.6. The highest BCUT2D eigenvalue weighted by Gasteiger charge is 2.26. The zero-order valence-electron chi connectivity index (χ0n) is 12.8. The molecule has 1 aliphatic rings. The number of piperidine rings is 1. The van der Waals surface area contributed by atoms with Crippen molar-refractivity contribution >= 4 is 6.09 Å². The number of halogens is 2. The van der Waals surface area contributed by atoms with Crippen molar-refractivity contribution in [2.75, 3.05) is 19.6 Å². The van der Waals surface area contributed by atoms with E-state index in [4.69, 9.17) is 4.74 Å². The van der Waals surface area contributed by atoms with Crippen molar-refractivity contribution in [3.63, 3.8) is 0 Å². The summed E-state index contributed by atoms with van der Waals surface area (Å²) in [6, 6.07) is 3.72. The summed E-state index contributed by atoms with van der Waals surface area (Å²) in [5.74, 6) is -1.39. The molecule has 0 aliphatic carbocycles. The molecule has 0 aromatic heterocycles. The summed E-state index contributed by atoms with van der Waals surface area (Å²) in [4.78, 5) is 13.9. The zero-order valence-corrected chi connectivity index (χ0v) is 12.8. The van der Waals surface area contributed by atoms with Crippen LogP contribution in [0.5, 0.6) is 0 Å². The van der Waals surface area contributed by atoms with Gasteiger partial charge in [0.25, 0.3) is 0 Å². The Morgan fingerprint density at radius 1 is 1.32 bits per heavy atom. The molecule has 0 radical (unpaired) electrons. The Morgan fingerprint density at radius 3 is 2.55 bits per heavy atom. The highest BCUT2D eigenvalue weighted by Crippen LogP contribution is 2.17. The zero-order chi connectivity index (χ0) is 15.9. The van der Waals surface area contributed by atoms with Crippen molar-refractivity contribution in [1.82, 2.24) is 10.2 Å². The molecule has 0 unspecified atom stereocenters. The molecular formula is C16H22F2N2O2. The van der Waals surface area contributed by atoms with Crippen LogP contribution in [0.2, 0.25) is 0 Å². The predicted molar refractivity (Wildman–Crippen MR) is 79.4 cm³/mol. The fourth-order valence-corrected chi connectivity index (χ4v) is 2.67. The van der Waals surface area contributed by atoms with Gasteiger partial charge in [-0.1, -0.05) is 13.0 Å². The number of rotatable bonds is 5. The van der Waals surface area contributed by atoms with Crippen LogP contribution in [0.25, 0.3) is 0 Å². The van der Waals surface area contributed by atoms with Crippen LogP contribution in [0.4, 0.5) is 13.6 Å². The second-order valence-electron chi connectivity index (χ2n) is 5.43. The Hall–Kier alpha value is -1.69. The van der Waals surface area contributed by atoms with E-state index in [-0.39, 0.29) is 18.2 Å². The topological polar surface area (TPSA) is 41.6 Å². The molecule has 1 amide bonds. The first kappa shape index (κ1) is 16.7. The Morgan fingerprint density at radius 2 is 1.95 bits per heavy atom. The maximum absolute atomic E-state index is 13.6. The molecule has 1 heterocycles. The summed E-state index contributed by atoms with van der Waals surface area (Å²) in [6.07, 6.45) is 2.04. The predicted octanol–water partition coefficient (Wildman–Crippen LogP) is 3.07. The van der Waals surface area contributed by atoms with Crippen LogP contribution in [-0.4, -0.2) is 36.7 Å². The molecule has 1 aromatic rings. The molecule has 1 fully saturated rings. The highest BCUT2D eigenvalue weighted by molar-refractivity contribution is 5.68. The van der Waals surface area contributed by atoms with Gasteiger partial charge < -0.3 is 15.0 Å². The summed E-state index contributed by atoms with van der Waals surface area (Å²) < 4.78 is 32.2. The van der Waals surface area contributed by atoms with E-state index in [1.807, 2.05) is 6.92 Å². The number of hydrogen-bond donors (Lipinski definition) is 1. The van der Waals surface area contributed by atoms with Gasteiger partial charge in [-0.2, -0.15) is 0 Å². The van der Waals surface area contributed by atoms with E-state index in [0.29, 0.717) is 6.54 Å². The lowest BCUT2D eigenvalue weighted by Gasteiger charge is -2.33. The van der Waals surface area contributed by atoms with Gasteiger partial charge in [-0.15, -0.1) is 0 Å². The lowest BCUT2D eigenvalue weighted by Crippen LogP contribution is -2.46. The van der Waals surface area contributed by atoms with E-state index in [1.165, 1.54) is 6.07 Å². The summed E-state index contributed by atoms with van der Waals surface area (Å²) >= 11 is 0. The fourth-order valence-electron chi connectivity index (χ4n) is 2.67. The first-order valence-corrected chi connectivity index (χ1v) is 7.70. The van der Waals surface area contributed by atoms with Crippen LogP contribution in [0.3, 0.4) is 0 Å². The van der Waals surface area contributed by atoms with Crippen LogP contribution in [-0.2, 0) is 11.3 Å². The SMILES string of the molecule is CCCN(C(=O)OCc1c(F)cccc1F)C1CCNCC1. The molecule has 1 aliphatic heterocycles. The van der Waals surface area contributed by atoms with E-state index < -0.39 is 17.7 Å². The number of carbonyl (C=O) groups is 1. The summed E-state index contributed by atoms with van der Waals surface area (Å²) in [6.45, 7) is 3.91. The smallest absolute Gasteiger partial charge is 0.410 e. The van der Waals surface area contributed by atoms with E-state index in [9.17, 15) is 13.6 Å². The second-order valence-corrected chi connectivity index (χ2v) is 5.43. The van der Waals surface area contributed by atoms with Crippen LogP contribution in [0.1, 0.15) is 31.7 Å². The van der Waals surface area contributed by atoms with E-state index in [2.05, 4.69) is 5.32 Å². The maximum Gasteiger partial charge on any atom is 0.410 e. The van der Waals surface area contributed by atoms with Gasteiger partial charge >= 0.3 is 6.09 Å². The first-order chi connectivity index (χ1) is 10.6. The third kappa shape index (κ3) is 4.16. The van der Waals surface area contributed by atoms with Crippen LogP contribution in [0, 0.1) is 11.6 Å². The number of hydrogen-bond acceptors (Lipinski definition) is 3. The molecule has 0 atom stereocenters. The van der Waals surface area contributed by atoms with Crippen molar-refractivity contribution in [2.45, 2.75) is 38.8 Å². The molecule has 4 nitrogen and oxygen atoms in total. The van der Waals surface area contributed by atoms with E-state index in [1.54, 1.807) is 4.90 Å². The van der Waals surface area contributed by atoms with Crippen molar-refractivity contribution in [3.8, 4) is 0 Å². The third-order valence-corrected chi connectivity index (χ3v) is 3.85. The van der Waals surface area contributed by atoms with Crippen LogP contribution >= 0.6 is 0 Å². The van der Waals surface area contributed by atoms with Gasteiger partial charge in [0.05, 0.1) is 5.56 Å². The standard InChI is InChI=1S/C16H22F2N2O2/c1-2-10-20(12-6-8-19-9-7-12)16(21)22-11-13-14(17)4-3-5-15(13)18/h3-5,12,19H,2,6-11H2,1H3. The average Bonchev–Trinajstić information content (AvgIpc) is 2.52. The molecule has 0 spiro atoms. The minimum atomic E-state index is -0.697. The molecule has 6 heteroatoms. The van der Waals surface area contributed by atoms with Gasteiger partial charge in [0.1, 0.15) is 18.2 Å². The molecule has 122 valence electrons. The normalized spacial score (nSPS) is 15.6. The monoisotopic (exact) mass is 312 g/mol. The summed E-state index contributed by atoms with van der Waals surface area (Å²) in [5.41, 5.74) is -0.211. The lowest BCUT2D eigenvalue weighted by atomic mass is 10.1. The molecule has 1 aromatic carbocycles. The molecule has 0 saturated carbocycles. The van der Waals surface area contributed by atoms with Gasteiger partial charge in [0.2, 0.25) is 0 Å². The number of amides is 1. The number of carbonyl (C=O) groups excluding carboxylic acids is 1. The molecule has 2 rings (SSSR count). The lowest BCUT2D eigenvalue weighted by molar-refractivity contribution is 0.0719. The van der Waals surface area contributed by atoms with Crippen molar-refractivity contribution < 1.29 is 18.3 Å². The van der Waals surface area contributed by atoms with Crippen LogP contribution < -0.4 is 5.32 Å². The number of ether oxygens (including phenoxy) is 1. The van der Waals surface area contributed by atoms with Gasteiger partial charge in [0, 0.05) is 12.6 Å².